The molecule has 0 aliphatic carbocycles. The van der Waals surface area contributed by atoms with Gasteiger partial charge >= 0.3 is 0 Å². The summed E-state index contributed by atoms with van der Waals surface area (Å²) in [6, 6.07) is 12.2. The molecule has 126 valence electrons. The highest BCUT2D eigenvalue weighted by Crippen LogP contribution is 2.46. The molecule has 4 nitrogen and oxygen atoms in total. The summed E-state index contributed by atoms with van der Waals surface area (Å²) in [4.78, 5) is 14.5. The summed E-state index contributed by atoms with van der Waals surface area (Å²) in [6.07, 6.45) is -1.22. The first-order valence-corrected chi connectivity index (χ1v) is 7.85. The highest BCUT2D eigenvalue weighted by molar-refractivity contribution is 6.08. The van der Waals surface area contributed by atoms with Crippen molar-refractivity contribution in [1.82, 2.24) is 0 Å². The first-order chi connectivity index (χ1) is 11.4. The van der Waals surface area contributed by atoms with Gasteiger partial charge in [-0.15, -0.1) is 0 Å². The van der Waals surface area contributed by atoms with Gasteiger partial charge in [0.05, 0.1) is 18.1 Å². The van der Waals surface area contributed by atoms with Crippen LogP contribution in [0.15, 0.2) is 48.5 Å². The second-order valence-corrected chi connectivity index (χ2v) is 6.57. The fourth-order valence-electron chi connectivity index (χ4n) is 3.35. The number of carbonyl (C=O) groups is 1. The molecule has 24 heavy (non-hydrogen) atoms. The molecule has 0 aromatic heterocycles. The summed E-state index contributed by atoms with van der Waals surface area (Å²) < 4.78 is 13.7. The minimum atomic E-state index is -1.22. The third kappa shape index (κ3) is 2.50. The Morgan fingerprint density at radius 2 is 1.88 bits per heavy atom. The van der Waals surface area contributed by atoms with E-state index >= 15 is 0 Å². The molecule has 0 bridgehead atoms. The van der Waals surface area contributed by atoms with Crippen molar-refractivity contribution in [2.75, 3.05) is 11.5 Å². The van der Waals surface area contributed by atoms with Crippen molar-refractivity contribution in [3.8, 4) is 0 Å². The predicted molar refractivity (Wildman–Crippen MR) is 89.2 cm³/mol. The van der Waals surface area contributed by atoms with Crippen LogP contribution in [-0.2, 0) is 10.2 Å². The van der Waals surface area contributed by atoms with E-state index in [4.69, 9.17) is 0 Å². The number of benzene rings is 2. The third-order valence-corrected chi connectivity index (χ3v) is 4.61. The lowest BCUT2D eigenvalue weighted by atomic mass is 9.86. The fraction of sp³-hybridized carbons (Fsp3) is 0.316. The van der Waals surface area contributed by atoms with Crippen molar-refractivity contribution < 1.29 is 19.4 Å². The van der Waals surface area contributed by atoms with Crippen molar-refractivity contribution in [1.29, 1.82) is 0 Å². The molecule has 1 unspecified atom stereocenters. The molecule has 0 radical (unpaired) electrons. The van der Waals surface area contributed by atoms with Crippen LogP contribution in [0.5, 0.6) is 0 Å². The molecule has 0 spiro atoms. The summed E-state index contributed by atoms with van der Waals surface area (Å²) >= 11 is 0. The second kappa shape index (κ2) is 6.00. The van der Waals surface area contributed by atoms with Crippen molar-refractivity contribution >= 4 is 11.6 Å². The number of hydrogen-bond acceptors (Lipinski definition) is 3. The lowest BCUT2D eigenvalue weighted by Gasteiger charge is -2.33. The van der Waals surface area contributed by atoms with Crippen molar-refractivity contribution in [2.45, 2.75) is 31.4 Å². The molecule has 3 rings (SSSR count). The van der Waals surface area contributed by atoms with Crippen LogP contribution in [0.3, 0.4) is 0 Å². The first kappa shape index (κ1) is 16.6. The smallest absolute Gasteiger partial charge is 0.237 e. The number of halogens is 1. The zero-order chi connectivity index (χ0) is 17.5. The maximum Gasteiger partial charge on any atom is 0.237 e. The van der Waals surface area contributed by atoms with Gasteiger partial charge in [-0.1, -0.05) is 30.3 Å². The van der Waals surface area contributed by atoms with E-state index in [1.165, 1.54) is 23.1 Å². The standard InChI is InChI=1S/C19H20FNO3/c1-19(2)14-8-3-4-9-15(14)21(18(19)24)17(16(23)11-22)12-6-5-7-13(20)10-12/h3-10,16-17,22-23H,11H2,1-2H3/t16-,17?/m1/s1. The van der Waals surface area contributed by atoms with Crippen LogP contribution in [0.2, 0.25) is 0 Å². The van der Waals surface area contributed by atoms with Crippen molar-refractivity contribution in [2.24, 2.45) is 0 Å². The van der Waals surface area contributed by atoms with Gasteiger partial charge in [0, 0.05) is 5.69 Å². The lowest BCUT2D eigenvalue weighted by molar-refractivity contribution is -0.123. The highest BCUT2D eigenvalue weighted by Gasteiger charge is 2.48. The Morgan fingerprint density at radius 1 is 1.17 bits per heavy atom. The molecular weight excluding hydrogens is 309 g/mol. The van der Waals surface area contributed by atoms with E-state index in [0.29, 0.717) is 11.3 Å². The Hall–Kier alpha value is -2.24. The number of hydrogen-bond donors (Lipinski definition) is 2. The SMILES string of the molecule is CC1(C)C(=O)N(C(c2cccc(F)c2)[C@H](O)CO)c2ccccc21. The molecular formula is C19H20FNO3. The van der Waals surface area contributed by atoms with E-state index in [1.54, 1.807) is 12.1 Å². The van der Waals surface area contributed by atoms with Gasteiger partial charge in [0.15, 0.2) is 0 Å². The zero-order valence-corrected chi connectivity index (χ0v) is 13.6. The van der Waals surface area contributed by atoms with E-state index in [2.05, 4.69) is 0 Å². The maximum atomic E-state index is 13.7. The van der Waals surface area contributed by atoms with Crippen molar-refractivity contribution in [3.05, 3.63) is 65.5 Å². The Balaban J connectivity index is 2.17. The summed E-state index contributed by atoms with van der Waals surface area (Å²) in [6.45, 7) is 3.11. The van der Waals surface area contributed by atoms with Crippen LogP contribution < -0.4 is 4.90 Å². The number of rotatable bonds is 4. The minimum Gasteiger partial charge on any atom is -0.394 e. The van der Waals surface area contributed by atoms with Gasteiger partial charge in [-0.2, -0.15) is 0 Å². The molecule has 0 saturated heterocycles. The van der Waals surface area contributed by atoms with Gasteiger partial charge in [-0.25, -0.2) is 4.39 Å². The number of carbonyl (C=O) groups excluding carboxylic acids is 1. The summed E-state index contributed by atoms with van der Waals surface area (Å²) in [5.41, 5.74) is 1.21. The molecule has 5 heteroatoms. The maximum absolute atomic E-state index is 13.7. The number of aliphatic hydroxyl groups excluding tert-OH is 2. The van der Waals surface area contributed by atoms with E-state index < -0.39 is 30.0 Å². The predicted octanol–water partition coefficient (Wildman–Crippen LogP) is 2.54. The molecule has 2 aromatic carbocycles. The first-order valence-electron chi connectivity index (χ1n) is 7.85. The largest absolute Gasteiger partial charge is 0.394 e. The summed E-state index contributed by atoms with van der Waals surface area (Å²) in [5.74, 6) is -0.646. The third-order valence-electron chi connectivity index (χ3n) is 4.61. The molecule has 0 saturated carbocycles. The van der Waals surface area contributed by atoms with E-state index in [0.717, 1.165) is 5.56 Å². The average Bonchev–Trinajstić information content (AvgIpc) is 2.76. The molecule has 1 amide bonds. The molecule has 2 N–H and O–H groups in total. The summed E-state index contributed by atoms with van der Waals surface area (Å²) in [7, 11) is 0. The van der Waals surface area contributed by atoms with Gasteiger partial charge < -0.3 is 15.1 Å². The van der Waals surface area contributed by atoms with Crippen LogP contribution in [0, 0.1) is 5.82 Å². The number of aliphatic hydroxyl groups is 2. The number of amides is 1. The molecule has 1 aliphatic rings. The van der Waals surface area contributed by atoms with Gasteiger partial charge in [0.1, 0.15) is 11.9 Å². The molecule has 1 aliphatic heterocycles. The molecule has 0 fully saturated rings. The van der Waals surface area contributed by atoms with Gasteiger partial charge in [0.25, 0.3) is 0 Å². The molecule has 1 heterocycles. The average molecular weight is 329 g/mol. The van der Waals surface area contributed by atoms with Gasteiger partial charge in [0.2, 0.25) is 5.91 Å². The van der Waals surface area contributed by atoms with E-state index in [9.17, 15) is 19.4 Å². The summed E-state index contributed by atoms with van der Waals surface area (Å²) in [5, 5.41) is 19.8. The normalized spacial score (nSPS) is 18.4. The minimum absolute atomic E-state index is 0.189. The Bertz CT molecular complexity index is 775. The molecule has 2 atom stereocenters. The van der Waals surface area contributed by atoms with Gasteiger partial charge in [-0.05, 0) is 43.2 Å². The fourth-order valence-corrected chi connectivity index (χ4v) is 3.35. The lowest BCUT2D eigenvalue weighted by Crippen LogP contribution is -2.44. The highest BCUT2D eigenvalue weighted by atomic mass is 19.1. The van der Waals surface area contributed by atoms with Gasteiger partial charge in [-0.3, -0.25) is 4.79 Å². The number of nitrogens with zero attached hydrogens (tertiary/aromatic N) is 1. The Labute approximate surface area is 140 Å². The van der Waals surface area contributed by atoms with Crippen LogP contribution >= 0.6 is 0 Å². The van der Waals surface area contributed by atoms with Crippen LogP contribution in [-0.4, -0.2) is 28.8 Å². The number of fused-ring (bicyclic) bond motifs is 1. The zero-order valence-electron chi connectivity index (χ0n) is 13.6. The quantitative estimate of drug-likeness (QED) is 0.906. The topological polar surface area (TPSA) is 60.8 Å². The number of para-hydroxylation sites is 1. The van der Waals surface area contributed by atoms with Crippen molar-refractivity contribution in [3.63, 3.8) is 0 Å². The van der Waals surface area contributed by atoms with E-state index in [1.807, 2.05) is 32.0 Å². The number of anilines is 1. The Kier molecular flexibility index (Phi) is 4.15. The van der Waals surface area contributed by atoms with Crippen LogP contribution in [0.1, 0.15) is 31.0 Å². The Morgan fingerprint density at radius 3 is 2.54 bits per heavy atom. The monoisotopic (exact) mass is 329 g/mol. The van der Waals surface area contributed by atoms with Crippen LogP contribution in [0.25, 0.3) is 0 Å². The second-order valence-electron chi connectivity index (χ2n) is 6.57. The molecule has 2 aromatic rings. The van der Waals surface area contributed by atoms with Crippen LogP contribution in [0.4, 0.5) is 10.1 Å². The van der Waals surface area contributed by atoms with E-state index in [-0.39, 0.29) is 5.91 Å².